The van der Waals surface area contributed by atoms with Gasteiger partial charge in [0.05, 0.1) is 5.02 Å². The van der Waals surface area contributed by atoms with E-state index < -0.39 is 11.9 Å². The fourth-order valence-corrected chi connectivity index (χ4v) is 4.16. The van der Waals surface area contributed by atoms with E-state index in [1.807, 2.05) is 13.0 Å². The first-order chi connectivity index (χ1) is 16.7. The second-order valence-electron chi connectivity index (χ2n) is 7.87. The molecular weight excluding hydrogens is 490 g/mol. The van der Waals surface area contributed by atoms with E-state index in [0.29, 0.717) is 28.3 Å². The maximum Gasteiger partial charge on any atom is 0.256 e. The summed E-state index contributed by atoms with van der Waals surface area (Å²) in [7, 11) is 0. The lowest BCUT2D eigenvalue weighted by molar-refractivity contribution is 0.102. The van der Waals surface area contributed by atoms with Crippen molar-refractivity contribution in [2.45, 2.75) is 20.0 Å². The predicted molar refractivity (Wildman–Crippen MR) is 136 cm³/mol. The van der Waals surface area contributed by atoms with E-state index in [1.54, 1.807) is 55.7 Å². The summed E-state index contributed by atoms with van der Waals surface area (Å²) in [5.41, 5.74) is 9.30. The summed E-state index contributed by atoms with van der Waals surface area (Å²) in [6.07, 6.45) is 2.55. The van der Waals surface area contributed by atoms with Crippen LogP contribution in [-0.4, -0.2) is 15.9 Å². The monoisotopic (exact) mass is 510 g/mol. The highest BCUT2D eigenvalue weighted by molar-refractivity contribution is 6.36. The van der Waals surface area contributed by atoms with Crippen LogP contribution in [0.1, 0.15) is 34.5 Å². The number of halogens is 3. The normalized spacial score (nSPS) is 11.7. The average molecular weight is 511 g/mol. The number of benzene rings is 2. The number of amides is 1. The van der Waals surface area contributed by atoms with Crippen molar-refractivity contribution in [3.05, 3.63) is 99.5 Å². The zero-order chi connectivity index (χ0) is 25.1. The molecule has 6 nitrogen and oxygen atoms in total. The van der Waals surface area contributed by atoms with Crippen molar-refractivity contribution in [2.24, 2.45) is 0 Å². The largest absolute Gasteiger partial charge is 0.482 e. The Kier molecular flexibility index (Phi) is 7.19. The minimum atomic E-state index is -0.689. The molecule has 0 bridgehead atoms. The van der Waals surface area contributed by atoms with Gasteiger partial charge in [-0.25, -0.2) is 14.4 Å². The molecule has 4 aromatic rings. The minimum absolute atomic E-state index is 0.109. The number of rotatable bonds is 6. The van der Waals surface area contributed by atoms with Gasteiger partial charge in [0.15, 0.2) is 11.6 Å². The summed E-state index contributed by atoms with van der Waals surface area (Å²) < 4.78 is 19.9. The Morgan fingerprint density at radius 1 is 1.06 bits per heavy atom. The Morgan fingerprint density at radius 2 is 1.80 bits per heavy atom. The van der Waals surface area contributed by atoms with E-state index in [9.17, 15) is 9.18 Å². The van der Waals surface area contributed by atoms with Crippen LogP contribution in [0.15, 0.2) is 67.0 Å². The second-order valence-corrected chi connectivity index (χ2v) is 8.66. The molecule has 0 saturated carbocycles. The van der Waals surface area contributed by atoms with Gasteiger partial charge < -0.3 is 15.8 Å². The van der Waals surface area contributed by atoms with Gasteiger partial charge >= 0.3 is 0 Å². The van der Waals surface area contributed by atoms with Crippen LogP contribution in [-0.2, 0) is 0 Å². The van der Waals surface area contributed by atoms with Gasteiger partial charge in [-0.15, -0.1) is 0 Å². The van der Waals surface area contributed by atoms with E-state index in [0.717, 1.165) is 11.1 Å². The quantitative estimate of drug-likeness (QED) is 0.276. The maximum absolute atomic E-state index is 13.9. The molecule has 2 aromatic carbocycles. The molecule has 0 aliphatic carbocycles. The molecule has 3 N–H and O–H groups in total. The van der Waals surface area contributed by atoms with Gasteiger partial charge in [0.2, 0.25) is 0 Å². The average Bonchev–Trinajstić information content (AvgIpc) is 2.83. The summed E-state index contributed by atoms with van der Waals surface area (Å²) in [6.45, 7) is 3.61. The van der Waals surface area contributed by atoms with Gasteiger partial charge in [0, 0.05) is 34.1 Å². The van der Waals surface area contributed by atoms with E-state index in [4.69, 9.17) is 33.7 Å². The SMILES string of the molecule is Cc1ccnc(NC(=O)c2ccc(-c3cnc(N)c(OC(C)c4c(Cl)ccc(F)c4Cl)c3)cc2)c1. The van der Waals surface area contributed by atoms with Gasteiger partial charge in [0.25, 0.3) is 5.91 Å². The number of nitrogen functional groups attached to an aromatic ring is 1. The summed E-state index contributed by atoms with van der Waals surface area (Å²) >= 11 is 12.3. The summed E-state index contributed by atoms with van der Waals surface area (Å²) in [5.74, 6) is 0.0660. The summed E-state index contributed by atoms with van der Waals surface area (Å²) in [6, 6.07) is 15.0. The van der Waals surface area contributed by atoms with E-state index in [1.165, 1.54) is 12.1 Å². The number of aryl methyl sites for hydroxylation is 1. The lowest BCUT2D eigenvalue weighted by Gasteiger charge is -2.19. The number of hydrogen-bond donors (Lipinski definition) is 2. The molecule has 2 aromatic heterocycles. The topological polar surface area (TPSA) is 90.1 Å². The van der Waals surface area contributed by atoms with Crippen molar-refractivity contribution in [1.29, 1.82) is 0 Å². The van der Waals surface area contributed by atoms with Crippen molar-refractivity contribution < 1.29 is 13.9 Å². The highest BCUT2D eigenvalue weighted by atomic mass is 35.5. The van der Waals surface area contributed by atoms with Crippen molar-refractivity contribution in [3.63, 3.8) is 0 Å². The predicted octanol–water partition coefficient (Wildman–Crippen LogP) is 6.87. The molecule has 0 aliphatic rings. The fraction of sp³-hybridized carbons (Fsp3) is 0.115. The molecule has 35 heavy (non-hydrogen) atoms. The van der Waals surface area contributed by atoms with Gasteiger partial charge in [0.1, 0.15) is 17.7 Å². The highest BCUT2D eigenvalue weighted by Gasteiger charge is 2.20. The molecule has 0 aliphatic heterocycles. The van der Waals surface area contributed by atoms with Crippen molar-refractivity contribution in [3.8, 4) is 16.9 Å². The first-order valence-corrected chi connectivity index (χ1v) is 11.4. The maximum atomic E-state index is 13.9. The summed E-state index contributed by atoms with van der Waals surface area (Å²) in [5, 5.41) is 2.95. The molecule has 1 unspecified atom stereocenters. The highest BCUT2D eigenvalue weighted by Crippen LogP contribution is 2.37. The van der Waals surface area contributed by atoms with Crippen molar-refractivity contribution in [1.82, 2.24) is 9.97 Å². The standard InChI is InChI=1S/C26H21Cl2FN4O2/c1-14-9-10-31-22(11-14)33-26(34)17-5-3-16(4-6-17)18-12-21(25(30)32-13-18)35-15(2)23-19(27)7-8-20(29)24(23)28/h3-13,15H,1-2H3,(H2,30,32)(H,31,33,34). The second kappa shape index (κ2) is 10.3. The third kappa shape index (κ3) is 5.53. The first-order valence-electron chi connectivity index (χ1n) is 10.6. The van der Waals surface area contributed by atoms with Crippen LogP contribution in [0.2, 0.25) is 10.0 Å². The lowest BCUT2D eigenvalue weighted by atomic mass is 10.0. The van der Waals surface area contributed by atoms with Gasteiger partial charge in [-0.1, -0.05) is 35.3 Å². The molecule has 4 rings (SSSR count). The number of carbonyl (C=O) groups excluding carboxylic acids is 1. The smallest absolute Gasteiger partial charge is 0.256 e. The van der Waals surface area contributed by atoms with E-state index in [-0.39, 0.29) is 21.8 Å². The number of aromatic nitrogens is 2. The molecule has 1 amide bonds. The number of carbonyl (C=O) groups is 1. The number of hydrogen-bond acceptors (Lipinski definition) is 5. The molecule has 0 saturated heterocycles. The number of nitrogens with two attached hydrogens (primary N) is 1. The molecule has 178 valence electrons. The van der Waals surface area contributed by atoms with Crippen LogP contribution in [0, 0.1) is 12.7 Å². The van der Waals surface area contributed by atoms with Gasteiger partial charge in [-0.05, 0) is 67.4 Å². The molecule has 0 spiro atoms. The lowest BCUT2D eigenvalue weighted by Crippen LogP contribution is -2.12. The molecule has 1 atom stereocenters. The van der Waals surface area contributed by atoms with Crippen molar-refractivity contribution in [2.75, 3.05) is 11.1 Å². The molecule has 0 radical (unpaired) electrons. The van der Waals surface area contributed by atoms with Crippen LogP contribution < -0.4 is 15.8 Å². The van der Waals surface area contributed by atoms with Crippen molar-refractivity contribution >= 4 is 40.7 Å². The molecule has 2 heterocycles. The number of nitrogens with zero attached hydrogens (tertiary/aromatic N) is 2. The Bertz CT molecular complexity index is 1400. The Hall–Kier alpha value is -3.68. The number of nitrogens with one attached hydrogen (secondary N) is 1. The zero-order valence-electron chi connectivity index (χ0n) is 18.9. The van der Waals surface area contributed by atoms with E-state index >= 15 is 0 Å². The van der Waals surface area contributed by atoms with Crippen LogP contribution in [0.3, 0.4) is 0 Å². The molecule has 0 fully saturated rings. The number of anilines is 2. The Balaban J connectivity index is 1.53. The van der Waals surface area contributed by atoms with Crippen LogP contribution in [0.4, 0.5) is 16.0 Å². The zero-order valence-corrected chi connectivity index (χ0v) is 20.4. The Labute approximate surface area is 211 Å². The minimum Gasteiger partial charge on any atom is -0.482 e. The van der Waals surface area contributed by atoms with Gasteiger partial charge in [-0.3, -0.25) is 4.79 Å². The van der Waals surface area contributed by atoms with Gasteiger partial charge in [-0.2, -0.15) is 0 Å². The summed E-state index contributed by atoms with van der Waals surface area (Å²) in [4.78, 5) is 20.9. The molecule has 9 heteroatoms. The van der Waals surface area contributed by atoms with Crippen LogP contribution in [0.5, 0.6) is 5.75 Å². The molecular formula is C26H21Cl2FN4O2. The van der Waals surface area contributed by atoms with Crippen LogP contribution >= 0.6 is 23.2 Å². The third-order valence-electron chi connectivity index (χ3n) is 5.31. The number of ether oxygens (including phenoxy) is 1. The fourth-order valence-electron chi connectivity index (χ4n) is 3.48. The number of pyridine rings is 2. The first kappa shape index (κ1) is 24.4. The van der Waals surface area contributed by atoms with Crippen LogP contribution in [0.25, 0.3) is 11.1 Å². The van der Waals surface area contributed by atoms with E-state index in [2.05, 4.69) is 15.3 Å². The Morgan fingerprint density at radius 3 is 2.51 bits per heavy atom. The third-order valence-corrected chi connectivity index (χ3v) is 6.02.